The number of likely N-dealkylation sites (N-methyl/N-ethyl adjacent to an activating group) is 1. The molecule has 0 aliphatic carbocycles. The highest BCUT2D eigenvalue weighted by molar-refractivity contribution is 4.93. The van der Waals surface area contributed by atoms with Crippen LogP contribution < -0.4 is 0 Å². The van der Waals surface area contributed by atoms with E-state index < -0.39 is 0 Å². The molecule has 1 aliphatic heterocycles. The predicted octanol–water partition coefficient (Wildman–Crippen LogP) is 12.7. The second-order valence-corrected chi connectivity index (χ2v) is 13.5. The van der Waals surface area contributed by atoms with Crippen LogP contribution >= 0.6 is 0 Å². The maximum absolute atomic E-state index is 6.61. The van der Waals surface area contributed by atoms with Crippen molar-refractivity contribution in [1.29, 1.82) is 0 Å². The minimum Gasteiger partial charge on any atom is -0.347 e. The molecule has 2 atom stereocenters. The Hall–Kier alpha value is -1.16. The average molecular weight is 614 g/mol. The molecule has 0 aromatic rings. The van der Waals surface area contributed by atoms with Crippen LogP contribution in [0.15, 0.2) is 48.6 Å². The Balaban J connectivity index is 2.14. The van der Waals surface area contributed by atoms with Crippen molar-refractivity contribution in [2.45, 2.75) is 186 Å². The van der Waals surface area contributed by atoms with Crippen molar-refractivity contribution in [2.75, 3.05) is 27.2 Å². The largest absolute Gasteiger partial charge is 0.347 e. The summed E-state index contributed by atoms with van der Waals surface area (Å²) in [6, 6.07) is 0. The van der Waals surface area contributed by atoms with Gasteiger partial charge in [-0.3, -0.25) is 0 Å². The van der Waals surface area contributed by atoms with E-state index >= 15 is 0 Å². The van der Waals surface area contributed by atoms with Gasteiger partial charge in [0.05, 0.1) is 12.7 Å². The molecule has 1 saturated heterocycles. The summed E-state index contributed by atoms with van der Waals surface area (Å²) in [5, 5.41) is 0. The summed E-state index contributed by atoms with van der Waals surface area (Å²) in [6.45, 7) is 6.24. The third kappa shape index (κ3) is 25.1. The molecule has 256 valence electrons. The zero-order valence-electron chi connectivity index (χ0n) is 30.1. The van der Waals surface area contributed by atoms with E-state index in [1.165, 1.54) is 135 Å². The van der Waals surface area contributed by atoms with Crippen LogP contribution in [0.4, 0.5) is 0 Å². The average Bonchev–Trinajstić information content (AvgIpc) is 3.40. The Kier molecular flexibility index (Phi) is 28.3. The van der Waals surface area contributed by atoms with Crippen molar-refractivity contribution in [1.82, 2.24) is 4.90 Å². The van der Waals surface area contributed by atoms with Gasteiger partial charge in [-0.25, -0.2) is 0 Å². The SMILES string of the molecule is CCCCC/C=C\C/C=C\CCCCCCCCC1(CCCCCCC/C=C\C/C=C\CCCCC)OCC(CN(C)C)O1. The molecule has 0 saturated carbocycles. The monoisotopic (exact) mass is 614 g/mol. The molecule has 2 unspecified atom stereocenters. The summed E-state index contributed by atoms with van der Waals surface area (Å²) >= 11 is 0. The van der Waals surface area contributed by atoms with E-state index in [1.807, 2.05) is 0 Å². The lowest BCUT2D eigenvalue weighted by Gasteiger charge is -2.29. The molecule has 44 heavy (non-hydrogen) atoms. The Morgan fingerprint density at radius 3 is 1.32 bits per heavy atom. The second kappa shape index (κ2) is 30.5. The lowest BCUT2D eigenvalue weighted by atomic mass is 9.98. The molecule has 1 aliphatic rings. The van der Waals surface area contributed by atoms with Crippen molar-refractivity contribution >= 4 is 0 Å². The molecule has 0 bridgehead atoms. The van der Waals surface area contributed by atoms with Gasteiger partial charge < -0.3 is 14.4 Å². The van der Waals surface area contributed by atoms with Gasteiger partial charge in [-0.1, -0.05) is 133 Å². The van der Waals surface area contributed by atoms with Crippen LogP contribution in [0.1, 0.15) is 174 Å². The van der Waals surface area contributed by atoms with Gasteiger partial charge in [0, 0.05) is 19.4 Å². The molecule has 1 fully saturated rings. The van der Waals surface area contributed by atoms with Crippen LogP contribution in [0.3, 0.4) is 0 Å². The Bertz CT molecular complexity index is 724. The normalized spacial score (nSPS) is 19.3. The van der Waals surface area contributed by atoms with Gasteiger partial charge in [0.1, 0.15) is 0 Å². The molecular formula is C41H75NO2. The van der Waals surface area contributed by atoms with Crippen molar-refractivity contribution in [2.24, 2.45) is 0 Å². The fourth-order valence-corrected chi connectivity index (χ4v) is 6.09. The molecule has 0 radical (unpaired) electrons. The first-order chi connectivity index (χ1) is 21.6. The van der Waals surface area contributed by atoms with Crippen LogP contribution in [0.5, 0.6) is 0 Å². The number of allylic oxidation sites excluding steroid dienone is 8. The van der Waals surface area contributed by atoms with Crippen molar-refractivity contribution in [3.63, 3.8) is 0 Å². The fraction of sp³-hybridized carbons (Fsp3) is 0.805. The first-order valence-corrected chi connectivity index (χ1v) is 19.2. The molecule has 0 spiro atoms. The maximum atomic E-state index is 6.61. The zero-order chi connectivity index (χ0) is 31.8. The molecule has 1 heterocycles. The highest BCUT2D eigenvalue weighted by atomic mass is 16.7. The van der Waals surface area contributed by atoms with E-state index in [9.17, 15) is 0 Å². The Morgan fingerprint density at radius 1 is 0.523 bits per heavy atom. The number of ether oxygens (including phenoxy) is 2. The van der Waals surface area contributed by atoms with E-state index in [2.05, 4.69) is 81.5 Å². The number of unbranched alkanes of at least 4 members (excludes halogenated alkanes) is 17. The van der Waals surface area contributed by atoms with Gasteiger partial charge in [0.25, 0.3) is 0 Å². The fourth-order valence-electron chi connectivity index (χ4n) is 6.09. The molecule has 1 rings (SSSR count). The summed E-state index contributed by atoms with van der Waals surface area (Å²) in [4.78, 5) is 2.23. The van der Waals surface area contributed by atoms with E-state index in [4.69, 9.17) is 9.47 Å². The van der Waals surface area contributed by atoms with Gasteiger partial charge >= 0.3 is 0 Å². The van der Waals surface area contributed by atoms with E-state index in [-0.39, 0.29) is 11.9 Å². The van der Waals surface area contributed by atoms with Crippen molar-refractivity contribution < 1.29 is 9.47 Å². The van der Waals surface area contributed by atoms with Gasteiger partial charge in [0.15, 0.2) is 5.79 Å². The summed E-state index contributed by atoms with van der Waals surface area (Å²) in [5.41, 5.74) is 0. The van der Waals surface area contributed by atoms with Crippen LogP contribution in [-0.2, 0) is 9.47 Å². The minimum atomic E-state index is -0.331. The third-order valence-corrected chi connectivity index (χ3v) is 8.75. The molecule has 3 nitrogen and oxygen atoms in total. The van der Waals surface area contributed by atoms with Crippen LogP contribution in [0.25, 0.3) is 0 Å². The number of rotatable bonds is 31. The van der Waals surface area contributed by atoms with E-state index in [0.29, 0.717) is 0 Å². The predicted molar refractivity (Wildman–Crippen MR) is 195 cm³/mol. The van der Waals surface area contributed by atoms with Crippen LogP contribution in [0, 0.1) is 0 Å². The molecule has 0 aromatic heterocycles. The number of hydrogen-bond acceptors (Lipinski definition) is 3. The maximum Gasteiger partial charge on any atom is 0.168 e. The molecular weight excluding hydrogens is 538 g/mol. The smallest absolute Gasteiger partial charge is 0.168 e. The summed E-state index contributed by atoms with van der Waals surface area (Å²) in [5.74, 6) is -0.331. The number of hydrogen-bond donors (Lipinski definition) is 0. The van der Waals surface area contributed by atoms with Gasteiger partial charge in [-0.05, 0) is 91.1 Å². The molecule has 3 heteroatoms. The Morgan fingerprint density at radius 2 is 0.909 bits per heavy atom. The highest BCUT2D eigenvalue weighted by Gasteiger charge is 2.40. The van der Waals surface area contributed by atoms with Crippen LogP contribution in [0.2, 0.25) is 0 Å². The first kappa shape index (κ1) is 40.9. The van der Waals surface area contributed by atoms with Gasteiger partial charge in [0.2, 0.25) is 0 Å². The zero-order valence-corrected chi connectivity index (χ0v) is 30.1. The van der Waals surface area contributed by atoms with Crippen molar-refractivity contribution in [3.8, 4) is 0 Å². The minimum absolute atomic E-state index is 0.215. The second-order valence-electron chi connectivity index (χ2n) is 13.5. The van der Waals surface area contributed by atoms with E-state index in [1.54, 1.807) is 0 Å². The molecule has 0 N–H and O–H groups in total. The lowest BCUT2D eigenvalue weighted by molar-refractivity contribution is -0.180. The van der Waals surface area contributed by atoms with Crippen molar-refractivity contribution in [3.05, 3.63) is 48.6 Å². The third-order valence-electron chi connectivity index (χ3n) is 8.75. The summed E-state index contributed by atoms with van der Waals surface area (Å²) < 4.78 is 13.0. The van der Waals surface area contributed by atoms with Gasteiger partial charge in [-0.15, -0.1) is 0 Å². The lowest BCUT2D eigenvalue weighted by Crippen LogP contribution is -2.33. The van der Waals surface area contributed by atoms with Gasteiger partial charge in [-0.2, -0.15) is 0 Å². The summed E-state index contributed by atoms with van der Waals surface area (Å²) in [7, 11) is 4.26. The number of nitrogens with zero attached hydrogens (tertiary/aromatic N) is 1. The molecule has 0 amide bonds. The van der Waals surface area contributed by atoms with Crippen LogP contribution in [-0.4, -0.2) is 44.0 Å². The van der Waals surface area contributed by atoms with E-state index in [0.717, 1.165) is 38.8 Å². The first-order valence-electron chi connectivity index (χ1n) is 19.2. The Labute approximate surface area is 276 Å². The standard InChI is InChI=1S/C41H75NO2/c1-5-7-9-11-13-15-17-19-21-23-25-27-29-31-33-35-37-41(43-39-40(44-41)38-42(3)4)36-34-32-30-28-26-24-22-20-18-16-14-12-10-8-6-2/h13-16,19-22,40H,5-12,17-18,23-39H2,1-4H3/b15-13-,16-14-,21-19-,22-20-. The molecule has 0 aromatic carbocycles. The topological polar surface area (TPSA) is 21.7 Å². The quantitative estimate of drug-likeness (QED) is 0.0573. The summed E-state index contributed by atoms with van der Waals surface area (Å²) in [6.07, 6.45) is 50.7. The highest BCUT2D eigenvalue weighted by Crippen LogP contribution is 2.35.